The van der Waals surface area contributed by atoms with Gasteiger partial charge in [0.25, 0.3) is 0 Å². The van der Waals surface area contributed by atoms with E-state index in [1.54, 1.807) is 19.1 Å². The van der Waals surface area contributed by atoms with Gasteiger partial charge in [-0.3, -0.25) is 0 Å². The first-order valence-electron chi connectivity index (χ1n) is 6.21. The molecule has 0 radical (unpaired) electrons. The van der Waals surface area contributed by atoms with Crippen molar-refractivity contribution in [3.05, 3.63) is 30.1 Å². The van der Waals surface area contributed by atoms with Crippen LogP contribution in [-0.2, 0) is 4.74 Å². The molecule has 1 aromatic heterocycles. The molecule has 7 heteroatoms. The molecule has 0 saturated carbocycles. The smallest absolute Gasteiger partial charge is 0.354 e. The van der Waals surface area contributed by atoms with Gasteiger partial charge in [0.05, 0.1) is 18.9 Å². The summed E-state index contributed by atoms with van der Waals surface area (Å²) >= 11 is 0. The van der Waals surface area contributed by atoms with Crippen LogP contribution in [0.2, 0.25) is 0 Å². The minimum absolute atomic E-state index is 0.0418. The van der Waals surface area contributed by atoms with E-state index >= 15 is 0 Å². The molecular weight excluding hydrogens is 262 g/mol. The van der Waals surface area contributed by atoms with E-state index in [4.69, 9.17) is 9.84 Å². The number of anilines is 1. The summed E-state index contributed by atoms with van der Waals surface area (Å²) in [5.41, 5.74) is 0.852. The highest BCUT2D eigenvalue weighted by Crippen LogP contribution is 2.16. The van der Waals surface area contributed by atoms with E-state index < -0.39 is 12.0 Å². The predicted octanol–water partition coefficient (Wildman–Crippen LogP) is 1.74. The third kappa shape index (κ3) is 5.15. The summed E-state index contributed by atoms with van der Waals surface area (Å²) in [5, 5.41) is 14.0. The van der Waals surface area contributed by atoms with Crippen molar-refractivity contribution in [3.8, 4) is 0 Å². The van der Waals surface area contributed by atoms with Crippen molar-refractivity contribution in [1.82, 2.24) is 10.3 Å². The second-order valence-electron chi connectivity index (χ2n) is 4.12. The highest BCUT2D eigenvalue weighted by Gasteiger charge is 2.14. The molecule has 0 unspecified atom stereocenters. The number of carboxylic acid groups (broad SMARTS) is 1. The number of carbonyl (C=O) groups excluding carboxylic acids is 1. The summed E-state index contributed by atoms with van der Waals surface area (Å²) in [5.74, 6) is -1.12. The number of aryl methyl sites for hydroxylation is 1. The maximum atomic E-state index is 11.6. The summed E-state index contributed by atoms with van der Waals surface area (Å²) < 4.78 is 5.23. The number of carbonyl (C=O) groups is 2. The van der Waals surface area contributed by atoms with Crippen molar-refractivity contribution >= 4 is 17.7 Å². The molecule has 2 amide bonds. The van der Waals surface area contributed by atoms with Crippen molar-refractivity contribution in [1.29, 1.82) is 0 Å². The zero-order chi connectivity index (χ0) is 15.0. The van der Waals surface area contributed by atoms with Crippen molar-refractivity contribution in [2.45, 2.75) is 13.3 Å². The Morgan fingerprint density at radius 2 is 2.25 bits per heavy atom. The number of aromatic carboxylic acids is 1. The van der Waals surface area contributed by atoms with Crippen molar-refractivity contribution in [2.24, 2.45) is 0 Å². The molecule has 1 aromatic rings. The summed E-state index contributed by atoms with van der Waals surface area (Å²) in [6.07, 6.45) is 2.51. The van der Waals surface area contributed by atoms with Crippen LogP contribution < -0.4 is 10.6 Å². The second kappa shape index (κ2) is 8.00. The maximum Gasteiger partial charge on any atom is 0.354 e. The number of nitrogens with one attached hydrogen (secondary N) is 3. The highest BCUT2D eigenvalue weighted by atomic mass is 16.5. The van der Waals surface area contributed by atoms with Crippen LogP contribution in [0.1, 0.15) is 22.6 Å². The van der Waals surface area contributed by atoms with E-state index in [0.717, 1.165) is 6.42 Å². The molecule has 0 aromatic carbocycles. The fraction of sp³-hybridized carbons (Fsp3) is 0.385. The van der Waals surface area contributed by atoms with Gasteiger partial charge in [0, 0.05) is 12.2 Å². The second-order valence-corrected chi connectivity index (χ2v) is 4.12. The lowest BCUT2D eigenvalue weighted by molar-refractivity contribution is 0.0692. The van der Waals surface area contributed by atoms with E-state index in [9.17, 15) is 9.59 Å². The Hall–Kier alpha value is -2.28. The van der Waals surface area contributed by atoms with Gasteiger partial charge < -0.3 is 25.5 Å². The fourth-order valence-corrected chi connectivity index (χ4v) is 1.53. The fourth-order valence-electron chi connectivity index (χ4n) is 1.53. The van der Waals surface area contributed by atoms with Gasteiger partial charge in [-0.1, -0.05) is 6.08 Å². The molecule has 1 rings (SSSR count). The maximum absolute atomic E-state index is 11.6. The number of H-pyrrole nitrogens is 1. The number of aromatic amines is 1. The van der Waals surface area contributed by atoms with Gasteiger partial charge in [-0.15, -0.1) is 6.58 Å². The van der Waals surface area contributed by atoms with Gasteiger partial charge in [0.1, 0.15) is 5.69 Å². The van der Waals surface area contributed by atoms with Crippen LogP contribution in [0.25, 0.3) is 0 Å². The highest BCUT2D eigenvalue weighted by molar-refractivity contribution is 5.99. The Labute approximate surface area is 117 Å². The van der Waals surface area contributed by atoms with Gasteiger partial charge in [-0.2, -0.15) is 0 Å². The van der Waals surface area contributed by atoms with Crippen LogP contribution in [0.3, 0.4) is 0 Å². The number of carboxylic acids is 1. The molecule has 0 saturated heterocycles. The molecule has 0 atom stereocenters. The summed E-state index contributed by atoms with van der Waals surface area (Å²) in [7, 11) is 0. The summed E-state index contributed by atoms with van der Waals surface area (Å²) in [6, 6.07) is 1.09. The van der Waals surface area contributed by atoms with E-state index in [1.807, 2.05) is 0 Å². The van der Waals surface area contributed by atoms with Crippen LogP contribution in [-0.4, -0.2) is 41.8 Å². The van der Waals surface area contributed by atoms with Crippen molar-refractivity contribution in [2.75, 3.05) is 25.1 Å². The van der Waals surface area contributed by atoms with E-state index in [1.165, 1.54) is 0 Å². The number of ether oxygens (including phenoxy) is 1. The molecule has 0 aliphatic rings. The van der Waals surface area contributed by atoms with Crippen molar-refractivity contribution in [3.63, 3.8) is 0 Å². The number of hydrogen-bond donors (Lipinski definition) is 4. The zero-order valence-electron chi connectivity index (χ0n) is 11.4. The van der Waals surface area contributed by atoms with E-state index in [2.05, 4.69) is 22.2 Å². The van der Waals surface area contributed by atoms with Crippen LogP contribution in [0.15, 0.2) is 18.7 Å². The minimum atomic E-state index is -1.12. The lowest BCUT2D eigenvalue weighted by Crippen LogP contribution is -2.32. The summed E-state index contributed by atoms with van der Waals surface area (Å²) in [6.45, 7) is 6.57. The summed E-state index contributed by atoms with van der Waals surface area (Å²) in [4.78, 5) is 25.2. The lowest BCUT2D eigenvalue weighted by Gasteiger charge is -2.07. The molecule has 20 heavy (non-hydrogen) atoms. The molecule has 1 heterocycles. The Bertz CT molecular complexity index is 482. The van der Waals surface area contributed by atoms with Gasteiger partial charge in [-0.25, -0.2) is 9.59 Å². The normalized spacial score (nSPS) is 10.1. The van der Waals surface area contributed by atoms with Crippen LogP contribution in [0, 0.1) is 6.92 Å². The monoisotopic (exact) mass is 281 g/mol. The number of rotatable bonds is 8. The molecule has 4 N–H and O–H groups in total. The topological polar surface area (TPSA) is 103 Å². The first kappa shape index (κ1) is 15.8. The van der Waals surface area contributed by atoms with Gasteiger partial charge >= 0.3 is 12.0 Å². The van der Waals surface area contributed by atoms with Gasteiger partial charge in [0.2, 0.25) is 0 Å². The van der Waals surface area contributed by atoms with E-state index in [0.29, 0.717) is 25.5 Å². The quantitative estimate of drug-likeness (QED) is 0.430. The van der Waals surface area contributed by atoms with Crippen molar-refractivity contribution < 1.29 is 19.4 Å². The average Bonchev–Trinajstić information content (AvgIpc) is 2.74. The van der Waals surface area contributed by atoms with Crippen LogP contribution in [0.5, 0.6) is 0 Å². The van der Waals surface area contributed by atoms with E-state index in [-0.39, 0.29) is 11.4 Å². The Morgan fingerprint density at radius 3 is 2.90 bits per heavy atom. The predicted molar refractivity (Wildman–Crippen MR) is 75.1 cm³/mol. The number of aromatic nitrogens is 1. The molecule has 0 aliphatic heterocycles. The van der Waals surface area contributed by atoms with Crippen LogP contribution in [0.4, 0.5) is 10.5 Å². The Morgan fingerprint density at radius 1 is 1.50 bits per heavy atom. The molecule has 0 spiro atoms. The third-order valence-corrected chi connectivity index (χ3v) is 2.41. The van der Waals surface area contributed by atoms with Gasteiger partial charge in [-0.05, 0) is 19.4 Å². The number of urea groups is 1. The third-order valence-electron chi connectivity index (χ3n) is 2.41. The molecule has 0 fully saturated rings. The minimum Gasteiger partial charge on any atom is -0.477 e. The zero-order valence-corrected chi connectivity index (χ0v) is 11.4. The SMILES string of the molecule is C=CCCOCCNC(=O)Nc1cc(C)[nH]c1C(=O)O. The first-order chi connectivity index (χ1) is 9.54. The molecule has 7 nitrogen and oxygen atoms in total. The molecule has 110 valence electrons. The first-order valence-corrected chi connectivity index (χ1v) is 6.21. The Kier molecular flexibility index (Phi) is 6.31. The average molecular weight is 281 g/mol. The molecule has 0 aliphatic carbocycles. The van der Waals surface area contributed by atoms with Crippen LogP contribution >= 0.6 is 0 Å². The standard InChI is InChI=1S/C13H19N3O4/c1-3-4-6-20-7-5-14-13(19)16-10-8-9(2)15-11(10)12(17)18/h3,8,15H,1,4-7H2,2H3,(H,17,18)(H2,14,16,19). The molecule has 0 bridgehead atoms. The Balaban J connectivity index is 2.35. The number of amides is 2. The lowest BCUT2D eigenvalue weighted by atomic mass is 10.3. The molecular formula is C13H19N3O4. The van der Waals surface area contributed by atoms with Gasteiger partial charge in [0.15, 0.2) is 0 Å². The number of hydrogen-bond acceptors (Lipinski definition) is 3. The largest absolute Gasteiger partial charge is 0.477 e.